The Morgan fingerprint density at radius 2 is 0.557 bits per heavy atom. The first-order valence-electron chi connectivity index (χ1n) is 30.3. The summed E-state index contributed by atoms with van der Waals surface area (Å²) in [7, 11) is 0. The van der Waals surface area contributed by atoms with Crippen LogP contribution >= 0.6 is 0 Å². The topological polar surface area (TPSA) is 78.9 Å². The largest absolute Gasteiger partial charge is 0.462 e. The second-order valence-electron chi connectivity index (χ2n) is 20.2. The van der Waals surface area contributed by atoms with Gasteiger partial charge in [0.05, 0.1) is 0 Å². The van der Waals surface area contributed by atoms with Crippen molar-refractivity contribution in [3.63, 3.8) is 0 Å². The van der Waals surface area contributed by atoms with E-state index in [1.165, 1.54) is 186 Å². The zero-order chi connectivity index (χ0) is 50.7. The van der Waals surface area contributed by atoms with E-state index in [0.29, 0.717) is 19.3 Å². The highest BCUT2D eigenvalue weighted by Gasteiger charge is 2.19. The van der Waals surface area contributed by atoms with E-state index in [2.05, 4.69) is 81.5 Å². The molecule has 0 aliphatic rings. The summed E-state index contributed by atoms with van der Waals surface area (Å²) in [6, 6.07) is 0. The van der Waals surface area contributed by atoms with E-state index >= 15 is 0 Å². The molecule has 6 heteroatoms. The molecule has 0 N–H and O–H groups in total. The maximum absolute atomic E-state index is 12.9. The third-order valence-electron chi connectivity index (χ3n) is 13.2. The molecule has 0 heterocycles. The van der Waals surface area contributed by atoms with Crippen molar-refractivity contribution >= 4 is 17.9 Å². The third-order valence-corrected chi connectivity index (χ3v) is 13.2. The summed E-state index contributed by atoms with van der Waals surface area (Å²) in [5, 5.41) is 0. The van der Waals surface area contributed by atoms with E-state index in [1.807, 2.05) is 0 Å². The molecule has 0 radical (unpaired) electrons. The van der Waals surface area contributed by atoms with Crippen LogP contribution in [0.15, 0.2) is 60.8 Å². The molecule has 70 heavy (non-hydrogen) atoms. The highest BCUT2D eigenvalue weighted by molar-refractivity contribution is 5.71. The molecule has 0 spiro atoms. The van der Waals surface area contributed by atoms with E-state index in [0.717, 1.165) is 83.5 Å². The number of unbranched alkanes of at least 4 members (excludes halogenated alkanes) is 34. The maximum atomic E-state index is 12.9. The molecular formula is C64H114O6. The molecule has 0 aromatic carbocycles. The monoisotopic (exact) mass is 979 g/mol. The van der Waals surface area contributed by atoms with Crippen molar-refractivity contribution in [2.45, 2.75) is 316 Å². The van der Waals surface area contributed by atoms with Gasteiger partial charge in [0, 0.05) is 19.3 Å². The van der Waals surface area contributed by atoms with Crippen LogP contribution in [0.2, 0.25) is 0 Å². The average molecular weight is 980 g/mol. The van der Waals surface area contributed by atoms with Gasteiger partial charge in [0.1, 0.15) is 13.2 Å². The van der Waals surface area contributed by atoms with Gasteiger partial charge < -0.3 is 14.2 Å². The molecule has 0 saturated heterocycles. The molecule has 0 bridgehead atoms. The van der Waals surface area contributed by atoms with Gasteiger partial charge in [-0.1, -0.05) is 248 Å². The molecule has 1 atom stereocenters. The Morgan fingerprint density at radius 1 is 0.300 bits per heavy atom. The van der Waals surface area contributed by atoms with E-state index in [-0.39, 0.29) is 31.1 Å². The molecule has 0 amide bonds. The molecule has 0 aliphatic carbocycles. The van der Waals surface area contributed by atoms with Crippen LogP contribution in [-0.2, 0) is 28.6 Å². The molecular weight excluding hydrogens is 865 g/mol. The Kier molecular flexibility index (Phi) is 56.3. The number of rotatable bonds is 55. The van der Waals surface area contributed by atoms with Crippen molar-refractivity contribution in [1.82, 2.24) is 0 Å². The minimum absolute atomic E-state index is 0.0812. The number of carbonyl (C=O) groups is 3. The molecule has 0 aromatic heterocycles. The lowest BCUT2D eigenvalue weighted by Gasteiger charge is -2.18. The van der Waals surface area contributed by atoms with Crippen molar-refractivity contribution in [3.05, 3.63) is 60.8 Å². The molecule has 0 aliphatic heterocycles. The summed E-state index contributed by atoms with van der Waals surface area (Å²) >= 11 is 0. The Bertz CT molecular complexity index is 1260. The van der Waals surface area contributed by atoms with Gasteiger partial charge in [-0.3, -0.25) is 14.4 Å². The number of hydrogen-bond donors (Lipinski definition) is 0. The van der Waals surface area contributed by atoms with Gasteiger partial charge in [0.2, 0.25) is 0 Å². The van der Waals surface area contributed by atoms with E-state index in [9.17, 15) is 14.4 Å². The second-order valence-corrected chi connectivity index (χ2v) is 20.2. The molecule has 0 rings (SSSR count). The number of ether oxygens (including phenoxy) is 3. The van der Waals surface area contributed by atoms with Gasteiger partial charge in [0.25, 0.3) is 0 Å². The van der Waals surface area contributed by atoms with E-state index in [4.69, 9.17) is 14.2 Å². The van der Waals surface area contributed by atoms with Crippen LogP contribution in [0, 0.1) is 0 Å². The summed E-state index contributed by atoms with van der Waals surface area (Å²) in [5.74, 6) is -0.889. The maximum Gasteiger partial charge on any atom is 0.306 e. The van der Waals surface area contributed by atoms with E-state index in [1.54, 1.807) is 0 Å². The van der Waals surface area contributed by atoms with Crippen molar-refractivity contribution in [1.29, 1.82) is 0 Å². The SMILES string of the molecule is CC/C=C\C/C=C\C/C=C\CCCCCCCCC(=O)OCC(COC(=O)CCCCCCCCC/C=C\CCCCCCCCCC)OC(=O)CCCCCCCCC/C=C\CCCCCCCC. The summed E-state index contributed by atoms with van der Waals surface area (Å²) in [6.45, 7) is 6.54. The minimum atomic E-state index is -0.784. The number of carbonyl (C=O) groups excluding carboxylic acids is 3. The van der Waals surface area contributed by atoms with Crippen molar-refractivity contribution in [3.8, 4) is 0 Å². The average Bonchev–Trinajstić information content (AvgIpc) is 3.36. The number of esters is 3. The zero-order valence-corrected chi connectivity index (χ0v) is 46.5. The van der Waals surface area contributed by atoms with Crippen LogP contribution < -0.4 is 0 Å². The summed E-state index contributed by atoms with van der Waals surface area (Å²) in [4.78, 5) is 38.2. The van der Waals surface area contributed by atoms with Crippen LogP contribution in [0.4, 0.5) is 0 Å². The molecule has 0 fully saturated rings. The predicted molar refractivity (Wildman–Crippen MR) is 302 cm³/mol. The van der Waals surface area contributed by atoms with Gasteiger partial charge in [-0.15, -0.1) is 0 Å². The highest BCUT2D eigenvalue weighted by Crippen LogP contribution is 2.16. The van der Waals surface area contributed by atoms with Gasteiger partial charge in [-0.05, 0) is 103 Å². The van der Waals surface area contributed by atoms with Crippen LogP contribution in [-0.4, -0.2) is 37.2 Å². The molecule has 406 valence electrons. The predicted octanol–water partition coefficient (Wildman–Crippen LogP) is 20.4. The fraction of sp³-hybridized carbons (Fsp3) is 0.797. The third kappa shape index (κ3) is 56.0. The highest BCUT2D eigenvalue weighted by atomic mass is 16.6. The quantitative estimate of drug-likeness (QED) is 0.0261. The Balaban J connectivity index is 4.38. The van der Waals surface area contributed by atoms with Gasteiger partial charge >= 0.3 is 17.9 Å². The van der Waals surface area contributed by atoms with Crippen molar-refractivity contribution < 1.29 is 28.6 Å². The first kappa shape index (κ1) is 67.1. The van der Waals surface area contributed by atoms with Crippen molar-refractivity contribution in [2.24, 2.45) is 0 Å². The molecule has 0 aromatic rings. The number of allylic oxidation sites excluding steroid dienone is 10. The molecule has 1 unspecified atom stereocenters. The minimum Gasteiger partial charge on any atom is -0.462 e. The normalized spacial score (nSPS) is 12.4. The smallest absolute Gasteiger partial charge is 0.306 e. The zero-order valence-electron chi connectivity index (χ0n) is 46.5. The van der Waals surface area contributed by atoms with Crippen LogP contribution in [0.25, 0.3) is 0 Å². The Morgan fingerprint density at radius 3 is 0.886 bits per heavy atom. The van der Waals surface area contributed by atoms with Gasteiger partial charge in [-0.2, -0.15) is 0 Å². The lowest BCUT2D eigenvalue weighted by atomic mass is 10.1. The van der Waals surface area contributed by atoms with E-state index < -0.39 is 6.10 Å². The molecule has 6 nitrogen and oxygen atoms in total. The fourth-order valence-electron chi connectivity index (χ4n) is 8.68. The van der Waals surface area contributed by atoms with Crippen LogP contribution in [0.3, 0.4) is 0 Å². The Hall–Kier alpha value is -2.89. The summed E-state index contributed by atoms with van der Waals surface area (Å²) < 4.78 is 16.9. The number of hydrogen-bond acceptors (Lipinski definition) is 6. The van der Waals surface area contributed by atoms with Crippen molar-refractivity contribution in [2.75, 3.05) is 13.2 Å². The fourth-order valence-corrected chi connectivity index (χ4v) is 8.68. The van der Waals surface area contributed by atoms with Gasteiger partial charge in [-0.25, -0.2) is 0 Å². The van der Waals surface area contributed by atoms with Crippen LogP contribution in [0.5, 0.6) is 0 Å². The first-order chi connectivity index (χ1) is 34.5. The lowest BCUT2D eigenvalue weighted by Crippen LogP contribution is -2.30. The lowest BCUT2D eigenvalue weighted by molar-refractivity contribution is -0.167. The summed E-state index contributed by atoms with van der Waals surface area (Å²) in [5.41, 5.74) is 0. The second kappa shape index (κ2) is 58.7. The van der Waals surface area contributed by atoms with Crippen LogP contribution in [0.1, 0.15) is 310 Å². The van der Waals surface area contributed by atoms with Gasteiger partial charge in [0.15, 0.2) is 6.10 Å². The first-order valence-corrected chi connectivity index (χ1v) is 30.3. The molecule has 0 saturated carbocycles. The summed E-state index contributed by atoms with van der Waals surface area (Å²) in [6.07, 6.45) is 73.5. The standard InChI is InChI=1S/C64H114O6/c1-4-7-10-13-16-19-22-25-28-31-32-34-36-39-42-45-48-51-54-57-63(66)69-60-61(59-68-62(65)56-53-50-47-44-41-38-35-30-27-24-21-18-15-12-9-6-3)70-64(67)58-55-52-49-46-43-40-37-33-29-26-23-20-17-14-11-8-5-2/h9,12,18,21,26-27,29-32,61H,4-8,10-11,13-17,19-20,22-25,28,33-60H2,1-3H3/b12-9-,21-18-,29-26-,30-27-,32-31-. The Labute approximate surface area is 434 Å².